The molecule has 0 aliphatic heterocycles. The van der Waals surface area contributed by atoms with Gasteiger partial charge in [-0.25, -0.2) is 4.98 Å². The van der Waals surface area contributed by atoms with Gasteiger partial charge in [-0.15, -0.1) is 0 Å². The van der Waals surface area contributed by atoms with Crippen LogP contribution >= 0.6 is 11.6 Å². The minimum absolute atomic E-state index is 0.309. The quantitative estimate of drug-likeness (QED) is 0.389. The highest BCUT2D eigenvalue weighted by Crippen LogP contribution is 2.02. The summed E-state index contributed by atoms with van der Waals surface area (Å²) in [6.07, 6.45) is 0. The highest BCUT2D eigenvalue weighted by atomic mass is 35.5. The Balaban J connectivity index is 0.000000221. The molecule has 0 saturated carbocycles. The van der Waals surface area contributed by atoms with Gasteiger partial charge in [0.25, 0.3) is 0 Å². The van der Waals surface area contributed by atoms with Gasteiger partial charge in [-0.05, 0) is 19.1 Å². The van der Waals surface area contributed by atoms with Crippen LogP contribution in [0.3, 0.4) is 0 Å². The first kappa shape index (κ1) is 18.9. The Bertz CT molecular complexity index is 832. The standard InChI is InChI=1S/C18H15B.C6H6ClN/c1-4-10-16(11-5-1)19(17-12-6-2-7-13-17)18-14-8-3-9-15-18;1-5-3-2-4-6(7)8-5/h1-15H;2-4H,1H3. The lowest BCUT2D eigenvalue weighted by molar-refractivity contribution is 1.20. The van der Waals surface area contributed by atoms with Gasteiger partial charge in [0.05, 0.1) is 0 Å². The van der Waals surface area contributed by atoms with E-state index in [9.17, 15) is 0 Å². The van der Waals surface area contributed by atoms with Crippen LogP contribution in [-0.2, 0) is 0 Å². The Morgan fingerprint density at radius 1 is 0.556 bits per heavy atom. The maximum atomic E-state index is 5.53. The van der Waals surface area contributed by atoms with Gasteiger partial charge in [-0.2, -0.15) is 0 Å². The van der Waals surface area contributed by atoms with E-state index in [1.807, 2.05) is 19.1 Å². The van der Waals surface area contributed by atoms with Gasteiger partial charge in [-0.3, -0.25) is 0 Å². The van der Waals surface area contributed by atoms with Crippen LogP contribution in [0.4, 0.5) is 0 Å². The molecule has 27 heavy (non-hydrogen) atoms. The lowest BCUT2D eigenvalue weighted by atomic mass is 9.37. The zero-order valence-corrected chi connectivity index (χ0v) is 16.1. The third-order valence-corrected chi connectivity index (χ3v) is 4.46. The molecule has 0 saturated heterocycles. The van der Waals surface area contributed by atoms with Crippen molar-refractivity contribution in [2.24, 2.45) is 0 Å². The highest BCUT2D eigenvalue weighted by molar-refractivity contribution is 6.95. The SMILES string of the molecule is Cc1cccc(Cl)n1.c1ccc(B(c2ccccc2)c2ccccc2)cc1. The third-order valence-electron chi connectivity index (χ3n) is 4.25. The summed E-state index contributed by atoms with van der Waals surface area (Å²) in [5.74, 6) is 0. The van der Waals surface area contributed by atoms with E-state index >= 15 is 0 Å². The van der Waals surface area contributed by atoms with Crippen molar-refractivity contribution in [3.8, 4) is 0 Å². The van der Waals surface area contributed by atoms with Crippen molar-refractivity contribution in [3.05, 3.63) is 120 Å². The summed E-state index contributed by atoms with van der Waals surface area (Å²) in [7, 11) is 0. The smallest absolute Gasteiger partial charge is 0.241 e. The van der Waals surface area contributed by atoms with E-state index in [0.29, 0.717) is 11.9 Å². The van der Waals surface area contributed by atoms with Crippen molar-refractivity contribution in [2.75, 3.05) is 0 Å². The van der Waals surface area contributed by atoms with Crippen molar-refractivity contribution in [1.29, 1.82) is 0 Å². The molecule has 0 N–H and O–H groups in total. The minimum atomic E-state index is 0.309. The highest BCUT2D eigenvalue weighted by Gasteiger charge is 2.20. The fraction of sp³-hybridized carbons (Fsp3) is 0.0417. The first-order chi connectivity index (χ1) is 13.2. The number of hydrogen-bond acceptors (Lipinski definition) is 1. The number of rotatable bonds is 3. The summed E-state index contributed by atoms with van der Waals surface area (Å²) in [4.78, 5) is 3.94. The molecule has 0 unspecified atom stereocenters. The monoisotopic (exact) mass is 369 g/mol. The second kappa shape index (κ2) is 9.75. The molecule has 4 aromatic rings. The molecular weight excluding hydrogens is 349 g/mol. The van der Waals surface area contributed by atoms with Crippen LogP contribution in [-0.4, -0.2) is 11.7 Å². The minimum Gasteiger partial charge on any atom is -0.241 e. The molecule has 3 aromatic carbocycles. The fourth-order valence-electron chi connectivity index (χ4n) is 3.02. The largest absolute Gasteiger partial charge is 0.241 e. The molecule has 0 spiro atoms. The summed E-state index contributed by atoms with van der Waals surface area (Å²) >= 11 is 5.53. The molecule has 132 valence electrons. The maximum absolute atomic E-state index is 5.53. The molecule has 4 rings (SSSR count). The number of benzene rings is 3. The predicted molar refractivity (Wildman–Crippen MR) is 118 cm³/mol. The summed E-state index contributed by atoms with van der Waals surface area (Å²) in [6, 6.07) is 37.6. The van der Waals surface area contributed by atoms with E-state index in [4.69, 9.17) is 11.6 Å². The number of hydrogen-bond donors (Lipinski definition) is 0. The van der Waals surface area contributed by atoms with E-state index < -0.39 is 0 Å². The summed E-state index contributed by atoms with van der Waals surface area (Å²) in [5.41, 5.74) is 4.96. The second-order valence-corrected chi connectivity index (χ2v) is 6.65. The Kier molecular flexibility index (Phi) is 6.84. The number of halogens is 1. The number of aryl methyl sites for hydroxylation is 1. The topological polar surface area (TPSA) is 12.9 Å². The lowest BCUT2D eigenvalue weighted by Gasteiger charge is -2.15. The van der Waals surface area contributed by atoms with Crippen molar-refractivity contribution in [1.82, 2.24) is 4.98 Å². The van der Waals surface area contributed by atoms with E-state index in [2.05, 4.69) is 96.0 Å². The van der Waals surface area contributed by atoms with Gasteiger partial charge >= 0.3 is 0 Å². The van der Waals surface area contributed by atoms with Crippen LogP contribution in [0.25, 0.3) is 0 Å². The molecule has 1 heterocycles. The van der Waals surface area contributed by atoms with Gasteiger partial charge in [0.1, 0.15) is 5.15 Å². The maximum Gasteiger partial charge on any atom is 0.241 e. The van der Waals surface area contributed by atoms with Crippen molar-refractivity contribution < 1.29 is 0 Å². The summed E-state index contributed by atoms with van der Waals surface area (Å²) in [5, 5.41) is 0.560. The molecule has 0 aliphatic carbocycles. The molecule has 1 nitrogen and oxygen atoms in total. The molecule has 0 radical (unpaired) electrons. The first-order valence-corrected chi connectivity index (χ1v) is 9.36. The average molecular weight is 370 g/mol. The molecule has 0 amide bonds. The Morgan fingerprint density at radius 2 is 0.963 bits per heavy atom. The third kappa shape index (κ3) is 5.57. The second-order valence-electron chi connectivity index (χ2n) is 6.27. The lowest BCUT2D eigenvalue weighted by Crippen LogP contribution is -2.51. The Morgan fingerprint density at radius 3 is 1.26 bits per heavy atom. The van der Waals surface area contributed by atoms with Crippen LogP contribution in [0.2, 0.25) is 5.15 Å². The zero-order valence-electron chi connectivity index (χ0n) is 15.3. The summed E-state index contributed by atoms with van der Waals surface area (Å²) < 4.78 is 0. The normalized spacial score (nSPS) is 9.85. The zero-order chi connectivity index (χ0) is 18.9. The van der Waals surface area contributed by atoms with Crippen LogP contribution in [0.15, 0.2) is 109 Å². The van der Waals surface area contributed by atoms with Crippen molar-refractivity contribution >= 4 is 34.7 Å². The van der Waals surface area contributed by atoms with Crippen LogP contribution < -0.4 is 16.4 Å². The Hall–Kier alpha value is -2.84. The number of nitrogens with zero attached hydrogens (tertiary/aromatic N) is 1. The van der Waals surface area contributed by atoms with E-state index in [1.165, 1.54) is 16.4 Å². The predicted octanol–water partition coefficient (Wildman–Crippen LogP) is 4.25. The van der Waals surface area contributed by atoms with Crippen molar-refractivity contribution in [3.63, 3.8) is 0 Å². The molecule has 0 fully saturated rings. The molecule has 3 heteroatoms. The van der Waals surface area contributed by atoms with Crippen LogP contribution in [0, 0.1) is 6.92 Å². The molecular formula is C24H21BClN. The molecule has 1 aromatic heterocycles. The average Bonchev–Trinajstić information content (AvgIpc) is 2.71. The molecule has 0 bridgehead atoms. The van der Waals surface area contributed by atoms with Gasteiger partial charge in [0.2, 0.25) is 6.71 Å². The molecule has 0 atom stereocenters. The van der Waals surface area contributed by atoms with E-state index in [0.717, 1.165) is 5.69 Å². The number of pyridine rings is 1. The van der Waals surface area contributed by atoms with Gasteiger partial charge < -0.3 is 0 Å². The molecule has 0 aliphatic rings. The van der Waals surface area contributed by atoms with Crippen molar-refractivity contribution in [2.45, 2.75) is 6.92 Å². The summed E-state index contributed by atoms with van der Waals surface area (Å²) in [6.45, 7) is 2.22. The van der Waals surface area contributed by atoms with Gasteiger partial charge in [0.15, 0.2) is 0 Å². The Labute approximate surface area is 166 Å². The van der Waals surface area contributed by atoms with E-state index in [-0.39, 0.29) is 0 Å². The van der Waals surface area contributed by atoms with Gasteiger partial charge in [0, 0.05) is 5.69 Å². The number of aromatic nitrogens is 1. The van der Waals surface area contributed by atoms with Gasteiger partial charge in [-0.1, -0.05) is 125 Å². The van der Waals surface area contributed by atoms with Crippen LogP contribution in [0.5, 0.6) is 0 Å². The first-order valence-electron chi connectivity index (χ1n) is 8.98. The van der Waals surface area contributed by atoms with Crippen LogP contribution in [0.1, 0.15) is 5.69 Å². The van der Waals surface area contributed by atoms with E-state index in [1.54, 1.807) is 6.07 Å². The fourth-order valence-corrected chi connectivity index (χ4v) is 3.23.